The molecule has 1 N–H and O–H groups in total. The average molecular weight is 298 g/mol. The first kappa shape index (κ1) is 14.1. The van der Waals surface area contributed by atoms with Crippen molar-refractivity contribution in [3.8, 4) is 0 Å². The van der Waals surface area contributed by atoms with Crippen LogP contribution in [0.1, 0.15) is 22.7 Å². The Morgan fingerprint density at radius 2 is 2.00 bits per heavy atom. The van der Waals surface area contributed by atoms with Crippen LogP contribution in [0, 0.1) is 0 Å². The topological polar surface area (TPSA) is 12.0 Å². The second kappa shape index (κ2) is 7.34. The fourth-order valence-electron chi connectivity index (χ4n) is 2.00. The van der Waals surface area contributed by atoms with Gasteiger partial charge in [-0.1, -0.05) is 12.1 Å². The van der Waals surface area contributed by atoms with Crippen LogP contribution in [0.25, 0.3) is 0 Å². The predicted octanol–water partition coefficient (Wildman–Crippen LogP) is 4.43. The lowest BCUT2D eigenvalue weighted by Crippen LogP contribution is -2.33. The van der Waals surface area contributed by atoms with Gasteiger partial charge in [-0.25, -0.2) is 0 Å². The standard InChI is InChI=1S/C14H19NS3/c1-11(10-16-2)15-13(14-6-4-8-18-14)9-12-5-3-7-17-12/h3-8,11,13,15H,9-10H2,1-2H3. The Hall–Kier alpha value is -0.290. The monoisotopic (exact) mass is 297 g/mol. The second-order valence-electron chi connectivity index (χ2n) is 4.37. The number of thioether (sulfide) groups is 1. The lowest BCUT2D eigenvalue weighted by molar-refractivity contribution is 0.487. The molecule has 0 saturated heterocycles. The summed E-state index contributed by atoms with van der Waals surface area (Å²) in [4.78, 5) is 2.90. The van der Waals surface area contributed by atoms with Gasteiger partial charge in [0.25, 0.3) is 0 Å². The van der Waals surface area contributed by atoms with Gasteiger partial charge < -0.3 is 5.32 Å². The van der Waals surface area contributed by atoms with Crippen LogP contribution in [0.2, 0.25) is 0 Å². The zero-order valence-electron chi connectivity index (χ0n) is 10.8. The van der Waals surface area contributed by atoms with Crippen molar-refractivity contribution >= 4 is 34.4 Å². The van der Waals surface area contributed by atoms with Crippen LogP contribution in [0.5, 0.6) is 0 Å². The molecule has 2 aromatic rings. The maximum absolute atomic E-state index is 3.75. The van der Waals surface area contributed by atoms with E-state index >= 15 is 0 Å². The van der Waals surface area contributed by atoms with Gasteiger partial charge in [0, 0.05) is 34.0 Å². The first-order valence-electron chi connectivity index (χ1n) is 6.10. The molecule has 0 saturated carbocycles. The van der Waals surface area contributed by atoms with Gasteiger partial charge in [0.2, 0.25) is 0 Å². The molecule has 0 aliphatic rings. The lowest BCUT2D eigenvalue weighted by Gasteiger charge is -2.21. The first-order chi connectivity index (χ1) is 8.79. The van der Waals surface area contributed by atoms with E-state index in [1.54, 1.807) is 0 Å². The molecule has 0 aromatic carbocycles. The molecule has 0 radical (unpaired) electrons. The smallest absolute Gasteiger partial charge is 0.0465 e. The van der Waals surface area contributed by atoms with Crippen LogP contribution < -0.4 is 5.32 Å². The zero-order chi connectivity index (χ0) is 12.8. The molecule has 0 spiro atoms. The van der Waals surface area contributed by atoms with Gasteiger partial charge in [0.15, 0.2) is 0 Å². The van der Waals surface area contributed by atoms with E-state index in [1.807, 2.05) is 34.4 Å². The van der Waals surface area contributed by atoms with Gasteiger partial charge in [-0.2, -0.15) is 11.8 Å². The molecule has 2 atom stereocenters. The summed E-state index contributed by atoms with van der Waals surface area (Å²) in [5.41, 5.74) is 0. The molecule has 2 heterocycles. The summed E-state index contributed by atoms with van der Waals surface area (Å²) in [7, 11) is 0. The van der Waals surface area contributed by atoms with Crippen molar-refractivity contribution in [3.63, 3.8) is 0 Å². The normalized spacial score (nSPS) is 14.6. The quantitative estimate of drug-likeness (QED) is 0.811. The molecule has 98 valence electrons. The molecular weight excluding hydrogens is 278 g/mol. The molecule has 0 aliphatic heterocycles. The van der Waals surface area contributed by atoms with Gasteiger partial charge in [0.05, 0.1) is 0 Å². The number of thiophene rings is 2. The zero-order valence-corrected chi connectivity index (χ0v) is 13.2. The van der Waals surface area contributed by atoms with Crippen LogP contribution in [0.3, 0.4) is 0 Å². The van der Waals surface area contributed by atoms with Gasteiger partial charge in [-0.05, 0) is 36.1 Å². The van der Waals surface area contributed by atoms with Crippen LogP contribution in [0.15, 0.2) is 35.0 Å². The van der Waals surface area contributed by atoms with E-state index in [4.69, 9.17) is 0 Å². The third-order valence-electron chi connectivity index (χ3n) is 2.77. The fraction of sp³-hybridized carbons (Fsp3) is 0.429. The van der Waals surface area contributed by atoms with Crippen LogP contribution in [-0.2, 0) is 6.42 Å². The molecule has 2 rings (SSSR count). The number of hydrogen-bond acceptors (Lipinski definition) is 4. The number of nitrogens with one attached hydrogen (secondary N) is 1. The Labute approximate surface area is 122 Å². The van der Waals surface area contributed by atoms with Crippen molar-refractivity contribution in [2.75, 3.05) is 12.0 Å². The average Bonchev–Trinajstić information content (AvgIpc) is 3.01. The maximum atomic E-state index is 3.75. The summed E-state index contributed by atoms with van der Waals surface area (Å²) in [6.07, 6.45) is 3.26. The third kappa shape index (κ3) is 4.12. The molecule has 1 nitrogen and oxygen atoms in total. The Kier molecular flexibility index (Phi) is 5.76. The van der Waals surface area contributed by atoms with Crippen molar-refractivity contribution in [2.45, 2.75) is 25.4 Å². The molecule has 0 fully saturated rings. The highest BCUT2D eigenvalue weighted by molar-refractivity contribution is 7.98. The van der Waals surface area contributed by atoms with Crippen molar-refractivity contribution < 1.29 is 0 Å². The lowest BCUT2D eigenvalue weighted by atomic mass is 10.1. The van der Waals surface area contributed by atoms with E-state index < -0.39 is 0 Å². The first-order valence-corrected chi connectivity index (χ1v) is 9.25. The fourth-order valence-corrected chi connectivity index (χ4v) is 4.14. The highest BCUT2D eigenvalue weighted by Gasteiger charge is 2.16. The van der Waals surface area contributed by atoms with Gasteiger partial charge in [0.1, 0.15) is 0 Å². The molecule has 0 bridgehead atoms. The Balaban J connectivity index is 2.03. The second-order valence-corrected chi connectivity index (χ2v) is 7.30. The SMILES string of the molecule is CSCC(C)NC(Cc1cccs1)c1cccs1. The van der Waals surface area contributed by atoms with E-state index in [9.17, 15) is 0 Å². The van der Waals surface area contributed by atoms with E-state index in [-0.39, 0.29) is 0 Å². The minimum absolute atomic E-state index is 0.450. The minimum Gasteiger partial charge on any atom is -0.306 e. The summed E-state index contributed by atoms with van der Waals surface area (Å²) in [5, 5.41) is 8.08. The van der Waals surface area contributed by atoms with E-state index in [1.165, 1.54) is 9.75 Å². The van der Waals surface area contributed by atoms with Crippen LogP contribution >= 0.6 is 34.4 Å². The molecule has 18 heavy (non-hydrogen) atoms. The maximum Gasteiger partial charge on any atom is 0.0465 e. The summed E-state index contributed by atoms with van der Waals surface area (Å²) in [6, 6.07) is 9.74. The molecule has 0 amide bonds. The molecule has 4 heteroatoms. The predicted molar refractivity (Wildman–Crippen MR) is 86.1 cm³/mol. The molecule has 2 aromatic heterocycles. The van der Waals surface area contributed by atoms with Gasteiger partial charge >= 0.3 is 0 Å². The van der Waals surface area contributed by atoms with Crippen molar-refractivity contribution in [1.82, 2.24) is 5.32 Å². The summed E-state index contributed by atoms with van der Waals surface area (Å²) in [6.45, 7) is 2.27. The van der Waals surface area contributed by atoms with Crippen LogP contribution in [0.4, 0.5) is 0 Å². The van der Waals surface area contributed by atoms with Crippen molar-refractivity contribution in [3.05, 3.63) is 44.8 Å². The highest BCUT2D eigenvalue weighted by atomic mass is 32.2. The highest BCUT2D eigenvalue weighted by Crippen LogP contribution is 2.25. The van der Waals surface area contributed by atoms with E-state index in [0.29, 0.717) is 12.1 Å². The summed E-state index contributed by atoms with van der Waals surface area (Å²) in [5.74, 6) is 1.16. The van der Waals surface area contributed by atoms with Gasteiger partial charge in [-0.3, -0.25) is 0 Å². The van der Waals surface area contributed by atoms with Crippen molar-refractivity contribution in [2.24, 2.45) is 0 Å². The molecular formula is C14H19NS3. The summed E-state index contributed by atoms with van der Waals surface area (Å²) < 4.78 is 0. The third-order valence-corrected chi connectivity index (χ3v) is 5.49. The van der Waals surface area contributed by atoms with Crippen LogP contribution in [-0.4, -0.2) is 18.1 Å². The van der Waals surface area contributed by atoms with Crippen molar-refractivity contribution in [1.29, 1.82) is 0 Å². The Bertz CT molecular complexity index is 422. The Morgan fingerprint density at radius 1 is 1.22 bits per heavy atom. The minimum atomic E-state index is 0.450. The molecule has 2 unspecified atom stereocenters. The Morgan fingerprint density at radius 3 is 2.61 bits per heavy atom. The van der Waals surface area contributed by atoms with E-state index in [0.717, 1.165) is 12.2 Å². The van der Waals surface area contributed by atoms with Gasteiger partial charge in [-0.15, -0.1) is 22.7 Å². The number of rotatable bonds is 7. The van der Waals surface area contributed by atoms with E-state index in [2.05, 4.69) is 53.5 Å². The molecule has 0 aliphatic carbocycles. The largest absolute Gasteiger partial charge is 0.306 e. The number of hydrogen-bond donors (Lipinski definition) is 1. The summed E-state index contributed by atoms with van der Waals surface area (Å²) >= 11 is 5.60.